The molecule has 0 bridgehead atoms. The smallest absolute Gasteiger partial charge is 0.348 e. The Kier molecular flexibility index (Phi) is 3.88. The molecule has 0 atom stereocenters. The Morgan fingerprint density at radius 1 is 1.42 bits per heavy atom. The number of rotatable bonds is 4. The number of anilines is 2. The molecule has 1 heterocycles. The van der Waals surface area contributed by atoms with Crippen molar-refractivity contribution in [1.82, 2.24) is 9.97 Å². The Hall–Kier alpha value is -2.25. The van der Waals surface area contributed by atoms with Crippen molar-refractivity contribution in [3.8, 4) is 0 Å². The van der Waals surface area contributed by atoms with E-state index in [0.717, 1.165) is 6.33 Å². The molecule has 0 fully saturated rings. The van der Waals surface area contributed by atoms with Crippen molar-refractivity contribution in [2.75, 3.05) is 5.32 Å². The van der Waals surface area contributed by atoms with E-state index in [-0.39, 0.29) is 17.6 Å². The number of aliphatic hydroxyl groups excluding tert-OH is 1. The molecular weight excluding hydrogens is 272 g/mol. The molecule has 2 N–H and O–H groups in total. The molecule has 7 nitrogen and oxygen atoms in total. The van der Waals surface area contributed by atoms with Crippen LogP contribution in [-0.2, 0) is 6.61 Å². The number of benzene rings is 1. The Morgan fingerprint density at radius 3 is 2.89 bits per heavy atom. The first kappa shape index (κ1) is 13.2. The average Bonchev–Trinajstić information content (AvgIpc) is 2.38. The van der Waals surface area contributed by atoms with Gasteiger partial charge in [0.1, 0.15) is 6.33 Å². The number of nitrogens with one attached hydrogen (secondary N) is 1. The SMILES string of the molecule is O=[N+]([O-])c1c(Cl)ncnc1Nc1cccc(CO)c1. The number of nitrogens with zero attached hydrogens (tertiary/aromatic N) is 3. The van der Waals surface area contributed by atoms with Crippen molar-refractivity contribution < 1.29 is 10.0 Å². The van der Waals surface area contributed by atoms with E-state index in [2.05, 4.69) is 15.3 Å². The molecule has 0 aliphatic rings. The van der Waals surface area contributed by atoms with Crippen molar-refractivity contribution in [2.24, 2.45) is 0 Å². The van der Waals surface area contributed by atoms with Gasteiger partial charge in [0, 0.05) is 5.69 Å². The van der Waals surface area contributed by atoms with Crippen molar-refractivity contribution in [3.05, 3.63) is 51.4 Å². The highest BCUT2D eigenvalue weighted by Gasteiger charge is 2.21. The largest absolute Gasteiger partial charge is 0.392 e. The number of hydrogen-bond acceptors (Lipinski definition) is 6. The maximum atomic E-state index is 10.9. The van der Waals surface area contributed by atoms with Crippen LogP contribution in [0.1, 0.15) is 5.56 Å². The molecule has 0 saturated carbocycles. The summed E-state index contributed by atoms with van der Waals surface area (Å²) in [6.07, 6.45) is 1.13. The van der Waals surface area contributed by atoms with Crippen molar-refractivity contribution in [3.63, 3.8) is 0 Å². The van der Waals surface area contributed by atoms with Gasteiger partial charge in [-0.15, -0.1) is 0 Å². The molecule has 0 saturated heterocycles. The lowest BCUT2D eigenvalue weighted by Crippen LogP contribution is -2.01. The Bertz CT molecular complexity index is 621. The van der Waals surface area contributed by atoms with E-state index in [4.69, 9.17) is 16.7 Å². The molecule has 0 unspecified atom stereocenters. The summed E-state index contributed by atoms with van der Waals surface area (Å²) in [5.41, 5.74) is 0.843. The molecule has 0 spiro atoms. The lowest BCUT2D eigenvalue weighted by atomic mass is 10.2. The van der Waals surface area contributed by atoms with Gasteiger partial charge in [0.2, 0.25) is 11.0 Å². The summed E-state index contributed by atoms with van der Waals surface area (Å²) in [5, 5.41) is 22.5. The van der Waals surface area contributed by atoms with Gasteiger partial charge in [-0.2, -0.15) is 0 Å². The average molecular weight is 281 g/mol. The lowest BCUT2D eigenvalue weighted by Gasteiger charge is -2.07. The van der Waals surface area contributed by atoms with Gasteiger partial charge in [-0.05, 0) is 17.7 Å². The third kappa shape index (κ3) is 2.95. The van der Waals surface area contributed by atoms with E-state index in [9.17, 15) is 10.1 Å². The monoisotopic (exact) mass is 280 g/mol. The molecule has 98 valence electrons. The molecule has 2 rings (SSSR count). The fraction of sp³-hybridized carbons (Fsp3) is 0.0909. The van der Waals surface area contributed by atoms with Gasteiger partial charge >= 0.3 is 5.69 Å². The number of aliphatic hydroxyl groups is 1. The minimum atomic E-state index is -0.652. The van der Waals surface area contributed by atoms with Crippen LogP contribution in [0.5, 0.6) is 0 Å². The molecule has 1 aromatic carbocycles. The van der Waals surface area contributed by atoms with E-state index >= 15 is 0 Å². The Labute approximate surface area is 113 Å². The van der Waals surface area contributed by atoms with E-state index in [1.165, 1.54) is 0 Å². The minimum Gasteiger partial charge on any atom is -0.392 e. The van der Waals surface area contributed by atoms with E-state index in [1.54, 1.807) is 24.3 Å². The highest BCUT2D eigenvalue weighted by molar-refractivity contribution is 6.31. The zero-order valence-electron chi connectivity index (χ0n) is 9.58. The molecule has 8 heteroatoms. The summed E-state index contributed by atoms with van der Waals surface area (Å²) in [7, 11) is 0. The first-order valence-corrected chi connectivity index (χ1v) is 5.61. The van der Waals surface area contributed by atoms with Crippen LogP contribution in [0.15, 0.2) is 30.6 Å². The van der Waals surface area contributed by atoms with Crippen molar-refractivity contribution in [1.29, 1.82) is 0 Å². The van der Waals surface area contributed by atoms with Crippen LogP contribution < -0.4 is 5.32 Å². The zero-order chi connectivity index (χ0) is 13.8. The molecule has 0 aliphatic carbocycles. The van der Waals surface area contributed by atoms with Crippen LogP contribution >= 0.6 is 11.6 Å². The third-order valence-electron chi connectivity index (χ3n) is 2.33. The van der Waals surface area contributed by atoms with Crippen LogP contribution in [-0.4, -0.2) is 20.0 Å². The maximum Gasteiger partial charge on any atom is 0.348 e. The number of aromatic nitrogens is 2. The maximum absolute atomic E-state index is 10.9. The lowest BCUT2D eigenvalue weighted by molar-refractivity contribution is -0.384. The van der Waals surface area contributed by atoms with Gasteiger partial charge in [0.15, 0.2) is 0 Å². The fourth-order valence-electron chi connectivity index (χ4n) is 1.49. The summed E-state index contributed by atoms with van der Waals surface area (Å²) in [5.74, 6) is 0.0000831. The molecular formula is C11H9ClN4O3. The fourth-order valence-corrected chi connectivity index (χ4v) is 1.70. The third-order valence-corrected chi connectivity index (χ3v) is 2.61. The van der Waals surface area contributed by atoms with Gasteiger partial charge in [-0.25, -0.2) is 9.97 Å². The summed E-state index contributed by atoms with van der Waals surface area (Å²) >= 11 is 5.68. The van der Waals surface area contributed by atoms with Crippen molar-refractivity contribution >= 4 is 28.8 Å². The first-order chi connectivity index (χ1) is 9.11. The predicted octanol–water partition coefficient (Wildman–Crippen LogP) is 2.27. The number of nitro groups is 1. The molecule has 0 amide bonds. The predicted molar refractivity (Wildman–Crippen MR) is 69.3 cm³/mol. The normalized spacial score (nSPS) is 10.2. The van der Waals surface area contributed by atoms with Gasteiger partial charge in [-0.3, -0.25) is 10.1 Å². The highest BCUT2D eigenvalue weighted by atomic mass is 35.5. The Morgan fingerprint density at radius 2 is 2.21 bits per heavy atom. The zero-order valence-corrected chi connectivity index (χ0v) is 10.3. The molecule has 2 aromatic rings. The first-order valence-electron chi connectivity index (χ1n) is 5.23. The number of hydrogen-bond donors (Lipinski definition) is 2. The number of halogens is 1. The molecule has 1 aromatic heterocycles. The van der Waals surface area contributed by atoms with Crippen LogP contribution in [0.3, 0.4) is 0 Å². The Balaban J connectivity index is 2.38. The molecule has 19 heavy (non-hydrogen) atoms. The second kappa shape index (κ2) is 5.59. The van der Waals surface area contributed by atoms with Gasteiger partial charge < -0.3 is 10.4 Å². The van der Waals surface area contributed by atoms with Crippen molar-refractivity contribution in [2.45, 2.75) is 6.61 Å². The second-order valence-electron chi connectivity index (χ2n) is 3.60. The molecule has 0 radical (unpaired) electrons. The topological polar surface area (TPSA) is 101 Å². The van der Waals surface area contributed by atoms with Crippen LogP contribution in [0, 0.1) is 10.1 Å². The van der Waals surface area contributed by atoms with E-state index in [1.807, 2.05) is 0 Å². The van der Waals surface area contributed by atoms with Gasteiger partial charge in [-0.1, -0.05) is 23.7 Å². The second-order valence-corrected chi connectivity index (χ2v) is 3.96. The van der Waals surface area contributed by atoms with E-state index < -0.39 is 10.6 Å². The molecule has 0 aliphatic heterocycles. The van der Waals surface area contributed by atoms with E-state index in [0.29, 0.717) is 11.3 Å². The van der Waals surface area contributed by atoms with Crippen LogP contribution in [0.2, 0.25) is 5.15 Å². The van der Waals surface area contributed by atoms with Crippen LogP contribution in [0.4, 0.5) is 17.2 Å². The standard InChI is InChI=1S/C11H9ClN4O3/c12-10-9(16(18)19)11(14-6-13-10)15-8-3-1-2-7(4-8)5-17/h1-4,6,17H,5H2,(H,13,14,15). The van der Waals surface area contributed by atoms with Gasteiger partial charge in [0.25, 0.3) is 0 Å². The summed E-state index contributed by atoms with van der Waals surface area (Å²) in [4.78, 5) is 17.6. The summed E-state index contributed by atoms with van der Waals surface area (Å²) < 4.78 is 0. The summed E-state index contributed by atoms with van der Waals surface area (Å²) in [6.45, 7) is -0.123. The van der Waals surface area contributed by atoms with Crippen LogP contribution in [0.25, 0.3) is 0 Å². The minimum absolute atomic E-state index is 0.0000831. The van der Waals surface area contributed by atoms with Gasteiger partial charge in [0.05, 0.1) is 11.5 Å². The summed E-state index contributed by atoms with van der Waals surface area (Å²) in [6, 6.07) is 6.79. The quantitative estimate of drug-likeness (QED) is 0.506. The highest BCUT2D eigenvalue weighted by Crippen LogP contribution is 2.30.